The zero-order valence-electron chi connectivity index (χ0n) is 22.6. The maximum Gasteiger partial charge on any atom is 0.511 e. The lowest BCUT2D eigenvalue weighted by atomic mass is 9.86. The highest BCUT2D eigenvalue weighted by atomic mass is 16.8. The Morgan fingerprint density at radius 3 is 2.31 bits per heavy atom. The molecule has 0 aliphatic heterocycles. The van der Waals surface area contributed by atoms with Crippen molar-refractivity contribution in [2.75, 3.05) is 20.4 Å². The van der Waals surface area contributed by atoms with Crippen LogP contribution >= 0.6 is 0 Å². The quantitative estimate of drug-likeness (QED) is 0.117. The average molecular weight is 484 g/mol. The van der Waals surface area contributed by atoms with Crippen LogP contribution in [-0.2, 0) is 26.2 Å². The Hall–Kier alpha value is -3.09. The zero-order valence-corrected chi connectivity index (χ0v) is 22.6. The van der Waals surface area contributed by atoms with E-state index in [2.05, 4.69) is 62.1 Å². The molecule has 2 aromatic rings. The van der Waals surface area contributed by atoms with Gasteiger partial charge in [0.05, 0.1) is 12.3 Å². The number of hydrogen-bond donors (Lipinski definition) is 0. The molecule has 0 radical (unpaired) electrons. The number of benzene rings is 1. The van der Waals surface area contributed by atoms with Crippen molar-refractivity contribution in [2.24, 2.45) is 4.99 Å². The van der Waals surface area contributed by atoms with E-state index in [-0.39, 0.29) is 12.2 Å². The fourth-order valence-electron chi connectivity index (χ4n) is 3.69. The molecule has 0 bridgehead atoms. The SMILES string of the molecule is CCCCCOC(=O)OCO/C(=C(/C=NC)c1ccc(C(C)(C)C)cc1)c1c(C)c(C)nn1CC. The smallest absolute Gasteiger partial charge is 0.454 e. The van der Waals surface area contributed by atoms with Gasteiger partial charge in [0.1, 0.15) is 5.69 Å². The van der Waals surface area contributed by atoms with Crippen LogP contribution in [0.4, 0.5) is 4.79 Å². The fourth-order valence-corrected chi connectivity index (χ4v) is 3.69. The van der Waals surface area contributed by atoms with Gasteiger partial charge in [-0.05, 0) is 43.7 Å². The first-order valence-corrected chi connectivity index (χ1v) is 12.4. The molecule has 0 amide bonds. The van der Waals surface area contributed by atoms with E-state index in [4.69, 9.17) is 14.2 Å². The predicted octanol–water partition coefficient (Wildman–Crippen LogP) is 6.70. The van der Waals surface area contributed by atoms with Crippen LogP contribution in [0.5, 0.6) is 0 Å². The molecule has 2 rings (SSSR count). The first-order chi connectivity index (χ1) is 16.6. The van der Waals surface area contributed by atoms with Gasteiger partial charge in [-0.15, -0.1) is 0 Å². The van der Waals surface area contributed by atoms with E-state index in [0.29, 0.717) is 18.9 Å². The van der Waals surface area contributed by atoms with E-state index < -0.39 is 6.16 Å². The number of unbranched alkanes of at least 4 members (excludes halogenated alkanes) is 2. The van der Waals surface area contributed by atoms with Crippen LogP contribution in [0.3, 0.4) is 0 Å². The van der Waals surface area contributed by atoms with Gasteiger partial charge in [-0.25, -0.2) is 4.79 Å². The Bertz CT molecular complexity index is 1030. The molecule has 0 aliphatic rings. The van der Waals surface area contributed by atoms with Crippen LogP contribution in [0, 0.1) is 13.8 Å². The summed E-state index contributed by atoms with van der Waals surface area (Å²) in [5.41, 5.74) is 5.75. The first kappa shape index (κ1) is 28.1. The number of rotatable bonds is 11. The maximum atomic E-state index is 12.0. The molecule has 0 saturated heterocycles. The highest BCUT2D eigenvalue weighted by molar-refractivity contribution is 6.18. The second kappa shape index (κ2) is 13.1. The van der Waals surface area contributed by atoms with E-state index in [1.165, 1.54) is 5.56 Å². The Morgan fingerprint density at radius 1 is 1.06 bits per heavy atom. The topological polar surface area (TPSA) is 74.9 Å². The number of aromatic nitrogens is 2. The standard InChI is InChI=1S/C28H41N3O4/c1-9-11-12-17-33-27(32)35-19-34-26(25-20(3)21(4)30-31(25)10-2)24(18-29-8)22-13-15-23(16-14-22)28(5,6)7/h13-16,18H,9-12,17,19H2,1-8H3/b26-24-,29-18?. The van der Waals surface area contributed by atoms with Crippen molar-refractivity contribution >= 4 is 23.7 Å². The second-order valence-corrected chi connectivity index (χ2v) is 9.54. The molecule has 0 fully saturated rings. The van der Waals surface area contributed by atoms with E-state index in [0.717, 1.165) is 47.4 Å². The molecular weight excluding hydrogens is 442 g/mol. The first-order valence-electron chi connectivity index (χ1n) is 12.4. The number of ether oxygens (including phenoxy) is 3. The summed E-state index contributed by atoms with van der Waals surface area (Å²) in [7, 11) is 1.72. The fraction of sp³-hybridized carbons (Fsp3) is 0.536. The molecule has 0 spiro atoms. The molecule has 35 heavy (non-hydrogen) atoms. The van der Waals surface area contributed by atoms with Gasteiger partial charge < -0.3 is 14.2 Å². The second-order valence-electron chi connectivity index (χ2n) is 9.54. The number of allylic oxidation sites excluding steroid dienone is 1. The van der Waals surface area contributed by atoms with E-state index >= 15 is 0 Å². The Kier molecular flexibility index (Phi) is 10.6. The monoisotopic (exact) mass is 483 g/mol. The molecule has 7 heteroatoms. The minimum Gasteiger partial charge on any atom is -0.454 e. The number of hydrogen-bond acceptors (Lipinski definition) is 6. The lowest BCUT2D eigenvalue weighted by molar-refractivity contribution is -0.00614. The molecule has 1 aromatic heterocycles. The molecule has 7 nitrogen and oxygen atoms in total. The van der Waals surface area contributed by atoms with E-state index in [9.17, 15) is 4.79 Å². The molecular formula is C28H41N3O4. The van der Waals surface area contributed by atoms with Crippen molar-refractivity contribution in [2.45, 2.75) is 79.7 Å². The largest absolute Gasteiger partial charge is 0.511 e. The number of carbonyl (C=O) groups excluding carboxylic acids is 1. The van der Waals surface area contributed by atoms with Gasteiger partial charge in [0.15, 0.2) is 5.76 Å². The lowest BCUT2D eigenvalue weighted by Gasteiger charge is -2.20. The number of aliphatic imine (C=N–C) groups is 1. The normalized spacial score (nSPS) is 12.6. The number of carbonyl (C=O) groups is 1. The summed E-state index contributed by atoms with van der Waals surface area (Å²) in [5.74, 6) is 0.554. The molecule has 0 unspecified atom stereocenters. The van der Waals surface area contributed by atoms with E-state index in [1.807, 2.05) is 25.5 Å². The Balaban J connectivity index is 2.45. The third kappa shape index (κ3) is 7.70. The summed E-state index contributed by atoms with van der Waals surface area (Å²) in [6.07, 6.45) is 3.90. The van der Waals surface area contributed by atoms with Gasteiger partial charge in [-0.2, -0.15) is 5.10 Å². The summed E-state index contributed by atoms with van der Waals surface area (Å²) in [4.78, 5) is 16.3. The summed E-state index contributed by atoms with van der Waals surface area (Å²) >= 11 is 0. The number of aryl methyl sites for hydroxylation is 2. The van der Waals surface area contributed by atoms with Crippen molar-refractivity contribution in [1.29, 1.82) is 0 Å². The maximum absolute atomic E-state index is 12.0. The van der Waals surface area contributed by atoms with Gasteiger partial charge in [0.25, 0.3) is 0 Å². The van der Waals surface area contributed by atoms with Gasteiger partial charge in [0.2, 0.25) is 6.79 Å². The van der Waals surface area contributed by atoms with Crippen LogP contribution in [0.15, 0.2) is 29.3 Å². The molecule has 0 saturated carbocycles. The van der Waals surface area contributed by atoms with Crippen LogP contribution in [0.1, 0.15) is 82.0 Å². The highest BCUT2D eigenvalue weighted by Crippen LogP contribution is 2.31. The predicted molar refractivity (Wildman–Crippen MR) is 142 cm³/mol. The highest BCUT2D eigenvalue weighted by Gasteiger charge is 2.22. The van der Waals surface area contributed by atoms with Gasteiger partial charge in [0, 0.05) is 30.9 Å². The molecule has 192 valence electrons. The summed E-state index contributed by atoms with van der Waals surface area (Å²) in [6, 6.07) is 8.38. The lowest BCUT2D eigenvalue weighted by Crippen LogP contribution is -2.14. The van der Waals surface area contributed by atoms with Crippen LogP contribution in [0.2, 0.25) is 0 Å². The van der Waals surface area contributed by atoms with Gasteiger partial charge in [-0.1, -0.05) is 64.8 Å². The average Bonchev–Trinajstić information content (AvgIpc) is 3.11. The third-order valence-corrected chi connectivity index (χ3v) is 5.85. The molecule has 0 N–H and O–H groups in total. The van der Waals surface area contributed by atoms with Crippen molar-refractivity contribution in [1.82, 2.24) is 9.78 Å². The van der Waals surface area contributed by atoms with Gasteiger partial charge in [-0.3, -0.25) is 9.67 Å². The van der Waals surface area contributed by atoms with Crippen LogP contribution in [-0.4, -0.2) is 42.6 Å². The molecule has 1 heterocycles. The van der Waals surface area contributed by atoms with Crippen molar-refractivity contribution in [3.63, 3.8) is 0 Å². The Labute approximate surface area is 210 Å². The zero-order chi connectivity index (χ0) is 26.0. The molecule has 0 aliphatic carbocycles. The van der Waals surface area contributed by atoms with Crippen LogP contribution in [0.25, 0.3) is 11.3 Å². The van der Waals surface area contributed by atoms with Crippen molar-refractivity contribution in [3.05, 3.63) is 52.3 Å². The van der Waals surface area contributed by atoms with E-state index in [1.54, 1.807) is 13.3 Å². The number of nitrogens with zero attached hydrogens (tertiary/aromatic N) is 3. The minimum atomic E-state index is -0.738. The molecule has 0 atom stereocenters. The molecule has 1 aromatic carbocycles. The van der Waals surface area contributed by atoms with Gasteiger partial charge >= 0.3 is 6.16 Å². The third-order valence-electron chi connectivity index (χ3n) is 5.85. The van der Waals surface area contributed by atoms with Crippen molar-refractivity contribution < 1.29 is 19.0 Å². The summed E-state index contributed by atoms with van der Waals surface area (Å²) in [6.45, 7) is 15.4. The van der Waals surface area contributed by atoms with Crippen LogP contribution < -0.4 is 0 Å². The summed E-state index contributed by atoms with van der Waals surface area (Å²) in [5, 5.41) is 4.66. The summed E-state index contributed by atoms with van der Waals surface area (Å²) < 4.78 is 18.4. The van der Waals surface area contributed by atoms with Crippen molar-refractivity contribution in [3.8, 4) is 0 Å². The Morgan fingerprint density at radius 2 is 1.74 bits per heavy atom. The minimum absolute atomic E-state index is 0.0421.